The van der Waals surface area contributed by atoms with Crippen molar-refractivity contribution in [1.29, 1.82) is 0 Å². The molecule has 2 aromatic carbocycles. The van der Waals surface area contributed by atoms with Crippen molar-refractivity contribution in [2.24, 2.45) is 0 Å². The van der Waals surface area contributed by atoms with E-state index in [2.05, 4.69) is 9.71 Å². The lowest BCUT2D eigenvalue weighted by Crippen LogP contribution is -2.22. The van der Waals surface area contributed by atoms with E-state index < -0.39 is 20.0 Å². The topological polar surface area (TPSA) is 99.7 Å². The van der Waals surface area contributed by atoms with Crippen LogP contribution >= 0.6 is 11.3 Å². The molecule has 31 heavy (non-hydrogen) atoms. The zero-order valence-electron chi connectivity index (χ0n) is 17.6. The number of anilines is 2. The first-order valence-corrected chi connectivity index (χ1v) is 13.1. The van der Waals surface area contributed by atoms with Crippen LogP contribution in [0.15, 0.2) is 63.8 Å². The number of benzene rings is 2. The predicted octanol–water partition coefficient (Wildman–Crippen LogP) is 3.14. The smallest absolute Gasteiger partial charge is 0.261 e. The number of aromatic nitrogens is 1. The van der Waals surface area contributed by atoms with E-state index in [1.807, 2.05) is 31.0 Å². The van der Waals surface area contributed by atoms with Gasteiger partial charge < -0.3 is 4.90 Å². The maximum absolute atomic E-state index is 12.9. The summed E-state index contributed by atoms with van der Waals surface area (Å²) in [6, 6.07) is 12.2. The molecule has 0 radical (unpaired) electrons. The minimum Gasteiger partial charge on any atom is -0.368 e. The molecule has 0 spiro atoms. The molecule has 0 atom stereocenters. The standard InChI is InChI=1S/C20H24N4O4S3/c1-15-20(29-14-21-15)13-24(4)19-8-6-5-7-18(19)22-30(25,26)16-9-11-17(12-10-16)31(27,28)23(2)3/h5-12,14,22H,13H2,1-4H3. The van der Waals surface area contributed by atoms with Gasteiger partial charge in [0.05, 0.1) is 38.9 Å². The monoisotopic (exact) mass is 480 g/mol. The van der Waals surface area contributed by atoms with Gasteiger partial charge in [-0.05, 0) is 43.3 Å². The number of hydrogen-bond acceptors (Lipinski definition) is 7. The Morgan fingerprint density at radius 3 is 2.13 bits per heavy atom. The summed E-state index contributed by atoms with van der Waals surface area (Å²) >= 11 is 1.55. The van der Waals surface area contributed by atoms with Gasteiger partial charge in [-0.25, -0.2) is 26.1 Å². The SMILES string of the molecule is Cc1ncsc1CN(C)c1ccccc1NS(=O)(=O)c1ccc(S(=O)(=O)N(C)C)cc1. The third-order valence-corrected chi connectivity index (χ3v) is 8.83. The van der Waals surface area contributed by atoms with Gasteiger partial charge in [-0.3, -0.25) is 4.72 Å². The van der Waals surface area contributed by atoms with Gasteiger partial charge in [0.2, 0.25) is 10.0 Å². The number of para-hydroxylation sites is 2. The van der Waals surface area contributed by atoms with Gasteiger partial charge >= 0.3 is 0 Å². The van der Waals surface area contributed by atoms with Crippen molar-refractivity contribution in [3.63, 3.8) is 0 Å². The maximum Gasteiger partial charge on any atom is 0.261 e. The lowest BCUT2D eigenvalue weighted by molar-refractivity contribution is 0.520. The highest BCUT2D eigenvalue weighted by Crippen LogP contribution is 2.29. The summed E-state index contributed by atoms with van der Waals surface area (Å²) in [4.78, 5) is 7.30. The zero-order valence-corrected chi connectivity index (χ0v) is 20.1. The predicted molar refractivity (Wildman–Crippen MR) is 124 cm³/mol. The molecule has 0 unspecified atom stereocenters. The summed E-state index contributed by atoms with van der Waals surface area (Å²) in [5.74, 6) is 0. The molecule has 0 amide bonds. The summed E-state index contributed by atoms with van der Waals surface area (Å²) in [6.45, 7) is 2.53. The summed E-state index contributed by atoms with van der Waals surface area (Å²) in [7, 11) is -2.83. The summed E-state index contributed by atoms with van der Waals surface area (Å²) < 4.78 is 54.0. The molecule has 0 saturated heterocycles. The van der Waals surface area contributed by atoms with Crippen LogP contribution in [0, 0.1) is 6.92 Å². The molecule has 3 rings (SSSR count). The van der Waals surface area contributed by atoms with Crippen molar-refractivity contribution < 1.29 is 16.8 Å². The number of aryl methyl sites for hydroxylation is 1. The highest BCUT2D eigenvalue weighted by atomic mass is 32.2. The molecule has 1 N–H and O–H groups in total. The zero-order chi connectivity index (χ0) is 22.8. The van der Waals surface area contributed by atoms with Gasteiger partial charge in [-0.1, -0.05) is 12.1 Å². The average molecular weight is 481 g/mol. The van der Waals surface area contributed by atoms with E-state index in [9.17, 15) is 16.8 Å². The Morgan fingerprint density at radius 2 is 1.55 bits per heavy atom. The third kappa shape index (κ3) is 5.06. The second-order valence-corrected chi connectivity index (χ2v) is 11.9. The Morgan fingerprint density at radius 1 is 0.935 bits per heavy atom. The first kappa shape index (κ1) is 23.2. The molecule has 0 saturated carbocycles. The number of sulfonamides is 2. The normalized spacial score (nSPS) is 12.2. The summed E-state index contributed by atoms with van der Waals surface area (Å²) in [6.07, 6.45) is 0. The Bertz CT molecular complexity index is 1270. The lowest BCUT2D eigenvalue weighted by atomic mass is 10.2. The van der Waals surface area contributed by atoms with Gasteiger partial charge in [-0.15, -0.1) is 11.3 Å². The summed E-state index contributed by atoms with van der Waals surface area (Å²) in [5, 5.41) is 0. The first-order chi connectivity index (χ1) is 14.5. The highest BCUT2D eigenvalue weighted by Gasteiger charge is 2.21. The van der Waals surface area contributed by atoms with Crippen molar-refractivity contribution in [1.82, 2.24) is 9.29 Å². The van der Waals surface area contributed by atoms with Crippen LogP contribution in [-0.4, -0.2) is 47.3 Å². The molecule has 11 heteroatoms. The van der Waals surface area contributed by atoms with Crippen molar-refractivity contribution in [2.75, 3.05) is 30.8 Å². The number of hydrogen-bond donors (Lipinski definition) is 1. The molecule has 3 aromatic rings. The Labute approximate surface area is 187 Å². The largest absolute Gasteiger partial charge is 0.368 e. The van der Waals surface area contributed by atoms with Crippen LogP contribution in [0.1, 0.15) is 10.6 Å². The molecule has 1 heterocycles. The van der Waals surface area contributed by atoms with E-state index in [0.717, 1.165) is 14.9 Å². The minimum absolute atomic E-state index is 0.0245. The molecule has 166 valence electrons. The fourth-order valence-electron chi connectivity index (χ4n) is 2.88. The fourth-order valence-corrected chi connectivity index (χ4v) is 5.68. The number of thiazole rings is 1. The molecule has 0 aliphatic heterocycles. The number of rotatable bonds is 8. The maximum atomic E-state index is 12.9. The van der Waals surface area contributed by atoms with Gasteiger partial charge in [0.1, 0.15) is 0 Å². The van der Waals surface area contributed by atoms with E-state index >= 15 is 0 Å². The lowest BCUT2D eigenvalue weighted by Gasteiger charge is -2.22. The fraction of sp³-hybridized carbons (Fsp3) is 0.250. The van der Waals surface area contributed by atoms with Crippen LogP contribution in [0.25, 0.3) is 0 Å². The third-order valence-electron chi connectivity index (χ3n) is 4.70. The van der Waals surface area contributed by atoms with E-state index in [0.29, 0.717) is 17.9 Å². The number of nitrogens with zero attached hydrogens (tertiary/aromatic N) is 3. The van der Waals surface area contributed by atoms with Gasteiger partial charge in [-0.2, -0.15) is 0 Å². The van der Waals surface area contributed by atoms with Crippen LogP contribution in [0.4, 0.5) is 11.4 Å². The Balaban J connectivity index is 1.86. The second-order valence-electron chi connectivity index (χ2n) is 7.10. The molecule has 0 aliphatic carbocycles. The first-order valence-electron chi connectivity index (χ1n) is 9.27. The van der Waals surface area contributed by atoms with Crippen molar-refractivity contribution >= 4 is 42.8 Å². The van der Waals surface area contributed by atoms with Gasteiger partial charge in [0, 0.05) is 26.0 Å². The molecular weight excluding hydrogens is 456 g/mol. The van der Waals surface area contributed by atoms with E-state index in [-0.39, 0.29) is 9.79 Å². The Hall–Kier alpha value is -2.47. The summed E-state index contributed by atoms with van der Waals surface area (Å²) in [5.41, 5.74) is 3.87. The van der Waals surface area contributed by atoms with E-state index in [1.165, 1.54) is 38.4 Å². The van der Waals surface area contributed by atoms with Crippen LogP contribution in [0.2, 0.25) is 0 Å². The van der Waals surface area contributed by atoms with Crippen LogP contribution in [0.3, 0.4) is 0 Å². The second kappa shape index (κ2) is 8.95. The average Bonchev–Trinajstić information content (AvgIpc) is 3.12. The molecule has 0 aliphatic rings. The van der Waals surface area contributed by atoms with Gasteiger partial charge in [0.15, 0.2) is 0 Å². The molecule has 8 nitrogen and oxygen atoms in total. The van der Waals surface area contributed by atoms with Crippen molar-refractivity contribution in [2.45, 2.75) is 23.3 Å². The van der Waals surface area contributed by atoms with E-state index in [1.54, 1.807) is 29.0 Å². The van der Waals surface area contributed by atoms with E-state index in [4.69, 9.17) is 0 Å². The van der Waals surface area contributed by atoms with Crippen LogP contribution < -0.4 is 9.62 Å². The molecular formula is C20H24N4O4S3. The highest BCUT2D eigenvalue weighted by molar-refractivity contribution is 7.92. The van der Waals surface area contributed by atoms with Crippen molar-refractivity contribution in [3.8, 4) is 0 Å². The van der Waals surface area contributed by atoms with Crippen LogP contribution in [0.5, 0.6) is 0 Å². The molecule has 1 aromatic heterocycles. The molecule has 0 fully saturated rings. The Kier molecular flexibility index (Phi) is 6.70. The van der Waals surface area contributed by atoms with Gasteiger partial charge in [0.25, 0.3) is 10.0 Å². The van der Waals surface area contributed by atoms with Crippen LogP contribution in [-0.2, 0) is 26.6 Å². The molecule has 0 bridgehead atoms. The van der Waals surface area contributed by atoms with Crippen molar-refractivity contribution in [3.05, 3.63) is 64.6 Å². The minimum atomic E-state index is -3.92. The number of nitrogens with one attached hydrogen (secondary N) is 1. The quantitative estimate of drug-likeness (QED) is 0.532.